The van der Waals surface area contributed by atoms with Crippen LogP contribution in [-0.2, 0) is 4.79 Å². The van der Waals surface area contributed by atoms with Crippen LogP contribution in [-0.4, -0.2) is 17.2 Å². The van der Waals surface area contributed by atoms with E-state index in [0.717, 1.165) is 12.1 Å². The molecule has 0 amide bonds. The maximum absolute atomic E-state index is 13.3. The molecule has 0 heterocycles. The van der Waals surface area contributed by atoms with Crippen LogP contribution in [0.1, 0.15) is 25.7 Å². The molecule has 0 atom stereocenters. The second kappa shape index (κ2) is 7.09. The fourth-order valence-electron chi connectivity index (χ4n) is 2.90. The van der Waals surface area contributed by atoms with Gasteiger partial charge in [0.15, 0.2) is 11.6 Å². The van der Waals surface area contributed by atoms with Crippen molar-refractivity contribution < 1.29 is 23.4 Å². The van der Waals surface area contributed by atoms with Crippen LogP contribution in [0.2, 0.25) is 0 Å². The molecule has 1 N–H and O–H groups in total. The average Bonchev–Trinajstić information content (AvgIpc) is 2.58. The van der Waals surface area contributed by atoms with Crippen LogP contribution < -0.4 is 4.74 Å². The lowest BCUT2D eigenvalue weighted by Crippen LogP contribution is -2.27. The summed E-state index contributed by atoms with van der Waals surface area (Å²) in [5, 5.41) is 9.47. The Morgan fingerprint density at radius 3 is 2.17 bits per heavy atom. The van der Waals surface area contributed by atoms with Crippen LogP contribution in [0, 0.1) is 17.6 Å². The molecular formula is C19H18F2O3. The third-order valence-corrected chi connectivity index (χ3v) is 4.36. The molecule has 0 spiro atoms. The van der Waals surface area contributed by atoms with Gasteiger partial charge in [-0.1, -0.05) is 18.2 Å². The molecule has 2 aromatic rings. The van der Waals surface area contributed by atoms with E-state index in [0.29, 0.717) is 42.6 Å². The molecule has 1 fully saturated rings. The molecule has 126 valence electrons. The average molecular weight is 332 g/mol. The summed E-state index contributed by atoms with van der Waals surface area (Å²) in [6.07, 6.45) is 2.19. The van der Waals surface area contributed by atoms with Gasteiger partial charge >= 0.3 is 5.97 Å². The van der Waals surface area contributed by atoms with Crippen LogP contribution in [0.3, 0.4) is 0 Å². The Balaban J connectivity index is 1.66. The Morgan fingerprint density at radius 1 is 0.917 bits per heavy atom. The number of esters is 1. The molecule has 3 nitrogen and oxygen atoms in total. The van der Waals surface area contributed by atoms with E-state index in [4.69, 9.17) is 4.74 Å². The zero-order valence-corrected chi connectivity index (χ0v) is 13.0. The minimum atomic E-state index is -0.900. The van der Waals surface area contributed by atoms with Gasteiger partial charge in [-0.2, -0.15) is 0 Å². The van der Waals surface area contributed by atoms with E-state index >= 15 is 0 Å². The fraction of sp³-hybridized carbons (Fsp3) is 0.316. The molecule has 24 heavy (non-hydrogen) atoms. The predicted molar refractivity (Wildman–Crippen MR) is 85.4 cm³/mol. The third-order valence-electron chi connectivity index (χ3n) is 4.36. The molecule has 0 unspecified atom stereocenters. The summed E-state index contributed by atoms with van der Waals surface area (Å²) in [5.41, 5.74) is 1.25. The second-order valence-corrected chi connectivity index (χ2v) is 6.08. The standard InChI is InChI=1S/C19H18F2O3/c20-17-10-5-14(11-18(17)21)12-3-8-16(9-4-12)24-19(23)13-1-6-15(22)7-2-13/h3-5,8-11,13,15,22H,1-2,6-7H2. The van der Waals surface area contributed by atoms with Gasteiger partial charge in [0.05, 0.1) is 12.0 Å². The van der Waals surface area contributed by atoms with Crippen molar-refractivity contribution in [3.8, 4) is 16.9 Å². The van der Waals surface area contributed by atoms with E-state index in [2.05, 4.69) is 0 Å². The molecule has 1 aliphatic rings. The molecule has 0 bridgehead atoms. The predicted octanol–water partition coefficient (Wildman–Crippen LogP) is 4.09. The summed E-state index contributed by atoms with van der Waals surface area (Å²) in [6, 6.07) is 10.4. The Morgan fingerprint density at radius 2 is 1.54 bits per heavy atom. The Bertz CT molecular complexity index is 720. The molecule has 0 radical (unpaired) electrons. The molecule has 0 aliphatic heterocycles. The van der Waals surface area contributed by atoms with Gasteiger partial charge in [0, 0.05) is 0 Å². The number of benzene rings is 2. The minimum absolute atomic E-state index is 0.181. The first kappa shape index (κ1) is 16.6. The van der Waals surface area contributed by atoms with E-state index in [1.807, 2.05) is 0 Å². The van der Waals surface area contributed by atoms with Crippen molar-refractivity contribution in [1.82, 2.24) is 0 Å². The maximum Gasteiger partial charge on any atom is 0.314 e. The number of rotatable bonds is 3. The fourth-order valence-corrected chi connectivity index (χ4v) is 2.90. The summed E-state index contributed by atoms with van der Waals surface area (Å²) in [4.78, 5) is 12.1. The van der Waals surface area contributed by atoms with E-state index in [-0.39, 0.29) is 18.0 Å². The zero-order valence-electron chi connectivity index (χ0n) is 13.0. The van der Waals surface area contributed by atoms with Crippen molar-refractivity contribution >= 4 is 5.97 Å². The number of carbonyl (C=O) groups is 1. The summed E-state index contributed by atoms with van der Waals surface area (Å²) >= 11 is 0. The van der Waals surface area contributed by atoms with Gasteiger partial charge in [-0.15, -0.1) is 0 Å². The molecular weight excluding hydrogens is 314 g/mol. The number of halogens is 2. The number of aliphatic hydroxyl groups excluding tert-OH is 1. The Labute approximate surface area is 138 Å². The second-order valence-electron chi connectivity index (χ2n) is 6.08. The van der Waals surface area contributed by atoms with Crippen LogP contribution in [0.4, 0.5) is 8.78 Å². The zero-order chi connectivity index (χ0) is 17.1. The van der Waals surface area contributed by atoms with Crippen molar-refractivity contribution in [2.45, 2.75) is 31.8 Å². The molecule has 0 saturated heterocycles. The number of ether oxygens (including phenoxy) is 1. The van der Waals surface area contributed by atoms with Crippen molar-refractivity contribution in [2.24, 2.45) is 5.92 Å². The lowest BCUT2D eigenvalue weighted by atomic mass is 9.87. The molecule has 3 rings (SSSR count). The SMILES string of the molecule is O=C(Oc1ccc(-c2ccc(F)c(F)c2)cc1)C1CCC(O)CC1. The van der Waals surface area contributed by atoms with Crippen LogP contribution in [0.25, 0.3) is 11.1 Å². The molecule has 0 aromatic heterocycles. The van der Waals surface area contributed by atoms with E-state index in [9.17, 15) is 18.7 Å². The summed E-state index contributed by atoms with van der Waals surface area (Å²) in [6.45, 7) is 0. The topological polar surface area (TPSA) is 46.5 Å². The lowest BCUT2D eigenvalue weighted by Gasteiger charge is -2.23. The summed E-state index contributed by atoms with van der Waals surface area (Å²) < 4.78 is 31.6. The highest BCUT2D eigenvalue weighted by Crippen LogP contribution is 2.27. The van der Waals surface area contributed by atoms with E-state index in [1.54, 1.807) is 24.3 Å². The van der Waals surface area contributed by atoms with Crippen LogP contribution >= 0.6 is 0 Å². The van der Waals surface area contributed by atoms with Gasteiger partial charge < -0.3 is 9.84 Å². The normalized spacial score (nSPS) is 20.6. The van der Waals surface area contributed by atoms with Crippen molar-refractivity contribution in [2.75, 3.05) is 0 Å². The number of hydrogen-bond acceptors (Lipinski definition) is 3. The lowest BCUT2D eigenvalue weighted by molar-refractivity contribution is -0.140. The van der Waals surface area contributed by atoms with E-state index in [1.165, 1.54) is 6.07 Å². The van der Waals surface area contributed by atoms with Gasteiger partial charge in [0.1, 0.15) is 5.75 Å². The molecule has 2 aromatic carbocycles. The summed E-state index contributed by atoms with van der Waals surface area (Å²) in [7, 11) is 0. The van der Waals surface area contributed by atoms with Crippen molar-refractivity contribution in [3.63, 3.8) is 0 Å². The number of hydrogen-bond donors (Lipinski definition) is 1. The third kappa shape index (κ3) is 3.79. The minimum Gasteiger partial charge on any atom is -0.426 e. The van der Waals surface area contributed by atoms with Gasteiger partial charge in [0.2, 0.25) is 0 Å². The van der Waals surface area contributed by atoms with Gasteiger partial charge in [0.25, 0.3) is 0 Å². The van der Waals surface area contributed by atoms with E-state index < -0.39 is 11.6 Å². The quantitative estimate of drug-likeness (QED) is 0.680. The number of aliphatic hydroxyl groups is 1. The maximum atomic E-state index is 13.3. The smallest absolute Gasteiger partial charge is 0.314 e. The Kier molecular flexibility index (Phi) is 4.90. The first-order valence-corrected chi connectivity index (χ1v) is 7.98. The van der Waals surface area contributed by atoms with Crippen LogP contribution in [0.5, 0.6) is 5.75 Å². The van der Waals surface area contributed by atoms with Crippen LogP contribution in [0.15, 0.2) is 42.5 Å². The monoisotopic (exact) mass is 332 g/mol. The highest BCUT2D eigenvalue weighted by molar-refractivity contribution is 5.75. The van der Waals surface area contributed by atoms with Crippen molar-refractivity contribution in [3.05, 3.63) is 54.1 Å². The first-order valence-electron chi connectivity index (χ1n) is 7.98. The number of carbonyl (C=O) groups excluding carboxylic acids is 1. The molecule has 5 heteroatoms. The molecule has 1 aliphatic carbocycles. The first-order chi connectivity index (χ1) is 11.5. The largest absolute Gasteiger partial charge is 0.426 e. The summed E-state index contributed by atoms with van der Waals surface area (Å²) in [5.74, 6) is -1.84. The highest BCUT2D eigenvalue weighted by atomic mass is 19.2. The Hall–Kier alpha value is -2.27. The van der Waals surface area contributed by atoms with Gasteiger partial charge in [-0.25, -0.2) is 8.78 Å². The van der Waals surface area contributed by atoms with Gasteiger partial charge in [-0.3, -0.25) is 4.79 Å². The molecule has 1 saturated carbocycles. The highest BCUT2D eigenvalue weighted by Gasteiger charge is 2.26. The van der Waals surface area contributed by atoms with Crippen molar-refractivity contribution in [1.29, 1.82) is 0 Å². The van der Waals surface area contributed by atoms with Gasteiger partial charge in [-0.05, 0) is 61.1 Å².